The zero-order valence-corrected chi connectivity index (χ0v) is 9.26. The topological polar surface area (TPSA) is 119 Å². The van der Waals surface area contributed by atoms with Crippen LogP contribution in [0.3, 0.4) is 0 Å². The van der Waals surface area contributed by atoms with Gasteiger partial charge in [0.15, 0.2) is 17.0 Å². The Morgan fingerprint density at radius 1 is 1.39 bits per heavy atom. The number of rotatable bonds is 0. The van der Waals surface area contributed by atoms with E-state index in [0.717, 1.165) is 0 Å². The van der Waals surface area contributed by atoms with Crippen LogP contribution in [0.25, 0.3) is 11.2 Å². The largest absolute Gasteiger partial charge is 0.390 e. The molecular weight excluding hydrogens is 238 g/mol. The second-order valence-electron chi connectivity index (χ2n) is 4.57. The Balaban J connectivity index is 2.03. The molecule has 2 bridgehead atoms. The molecule has 18 heavy (non-hydrogen) atoms. The van der Waals surface area contributed by atoms with Crippen LogP contribution in [0.2, 0.25) is 0 Å². The third-order valence-corrected chi connectivity index (χ3v) is 3.53. The van der Waals surface area contributed by atoms with E-state index in [1.54, 1.807) is 4.57 Å². The molecule has 8 nitrogen and oxygen atoms in total. The van der Waals surface area contributed by atoms with Gasteiger partial charge in [-0.15, -0.1) is 0 Å². The smallest absolute Gasteiger partial charge is 0.167 e. The highest BCUT2D eigenvalue weighted by molar-refractivity contribution is 5.82. The lowest BCUT2D eigenvalue weighted by atomic mass is 10.1. The van der Waals surface area contributed by atoms with Crippen LogP contribution < -0.4 is 5.73 Å². The zero-order chi connectivity index (χ0) is 12.4. The van der Waals surface area contributed by atoms with Crippen LogP contribution in [0, 0.1) is 0 Å². The van der Waals surface area contributed by atoms with Crippen molar-refractivity contribution in [3.8, 4) is 0 Å². The van der Waals surface area contributed by atoms with Gasteiger partial charge in [-0.1, -0.05) is 0 Å². The first-order valence-corrected chi connectivity index (χ1v) is 5.66. The van der Waals surface area contributed by atoms with Crippen molar-refractivity contribution in [3.05, 3.63) is 12.2 Å². The van der Waals surface area contributed by atoms with E-state index in [2.05, 4.69) is 15.0 Å². The Kier molecular flexibility index (Phi) is 1.79. The van der Waals surface area contributed by atoms with E-state index < -0.39 is 18.3 Å². The summed E-state index contributed by atoms with van der Waals surface area (Å²) in [5.41, 5.74) is 6.72. The van der Waals surface area contributed by atoms with Gasteiger partial charge >= 0.3 is 0 Å². The van der Waals surface area contributed by atoms with Crippen molar-refractivity contribution in [2.45, 2.75) is 31.0 Å². The fourth-order valence-corrected chi connectivity index (χ4v) is 2.70. The summed E-state index contributed by atoms with van der Waals surface area (Å²) in [6.07, 6.45) is -0.912. The summed E-state index contributed by atoms with van der Waals surface area (Å²) in [4.78, 5) is 12.3. The maximum absolute atomic E-state index is 10.2. The minimum absolute atomic E-state index is 0.269. The molecule has 2 aliphatic heterocycles. The molecule has 0 aliphatic carbocycles. The Labute approximate surface area is 101 Å². The fourth-order valence-electron chi connectivity index (χ4n) is 2.70. The molecule has 0 spiro atoms. The highest BCUT2D eigenvalue weighted by Gasteiger charge is 2.47. The van der Waals surface area contributed by atoms with Crippen LogP contribution in [-0.2, 0) is 4.74 Å². The van der Waals surface area contributed by atoms with Crippen molar-refractivity contribution in [1.29, 1.82) is 0 Å². The van der Waals surface area contributed by atoms with Crippen LogP contribution in [0.5, 0.6) is 0 Å². The maximum atomic E-state index is 10.2. The minimum Gasteiger partial charge on any atom is -0.390 e. The van der Waals surface area contributed by atoms with Crippen molar-refractivity contribution >= 4 is 17.0 Å². The van der Waals surface area contributed by atoms with Gasteiger partial charge < -0.3 is 20.7 Å². The molecule has 4 atom stereocenters. The van der Waals surface area contributed by atoms with Crippen molar-refractivity contribution in [1.82, 2.24) is 19.5 Å². The lowest BCUT2D eigenvalue weighted by Gasteiger charge is -2.27. The number of nitrogens with zero attached hydrogens (tertiary/aromatic N) is 4. The van der Waals surface area contributed by atoms with E-state index in [9.17, 15) is 10.2 Å². The molecule has 2 aromatic rings. The van der Waals surface area contributed by atoms with Crippen molar-refractivity contribution < 1.29 is 14.9 Å². The van der Waals surface area contributed by atoms with Crippen molar-refractivity contribution in [2.75, 3.05) is 5.73 Å². The summed E-state index contributed by atoms with van der Waals surface area (Å²) in [5, 5.41) is 20.0. The lowest BCUT2D eigenvalue weighted by molar-refractivity contribution is -0.110. The molecular formula is C10H11N5O3. The predicted octanol–water partition coefficient (Wildman–Crippen LogP) is -0.896. The quantitative estimate of drug-likeness (QED) is 0.553. The Hall–Kier alpha value is -1.77. The highest BCUT2D eigenvalue weighted by atomic mass is 16.5. The number of fused-ring (bicyclic) bond motifs is 6. The van der Waals surface area contributed by atoms with E-state index >= 15 is 0 Å². The van der Waals surface area contributed by atoms with Gasteiger partial charge in [-0.3, -0.25) is 4.57 Å². The summed E-state index contributed by atoms with van der Waals surface area (Å²) in [6, 6.07) is 0. The van der Waals surface area contributed by atoms with Crippen LogP contribution in [0.4, 0.5) is 5.82 Å². The number of nitrogen functional groups attached to an aromatic ring is 1. The monoisotopic (exact) mass is 249 g/mol. The number of anilines is 1. The first kappa shape index (κ1) is 10.2. The molecule has 2 aromatic heterocycles. The number of aromatic nitrogens is 4. The van der Waals surface area contributed by atoms with E-state index in [4.69, 9.17) is 10.5 Å². The number of aliphatic hydroxyl groups excluding tert-OH is 2. The van der Waals surface area contributed by atoms with E-state index in [1.165, 1.54) is 6.33 Å². The molecule has 94 valence electrons. The molecule has 0 unspecified atom stereocenters. The summed E-state index contributed by atoms with van der Waals surface area (Å²) < 4.78 is 7.26. The van der Waals surface area contributed by atoms with Gasteiger partial charge in [0.05, 0.1) is 6.10 Å². The van der Waals surface area contributed by atoms with Gasteiger partial charge in [-0.25, -0.2) is 15.0 Å². The first-order valence-electron chi connectivity index (χ1n) is 5.66. The number of hydrogen-bond donors (Lipinski definition) is 3. The second-order valence-corrected chi connectivity index (χ2v) is 4.57. The Morgan fingerprint density at radius 3 is 3.06 bits per heavy atom. The average Bonchev–Trinajstić information content (AvgIpc) is 2.88. The van der Waals surface area contributed by atoms with Crippen LogP contribution >= 0.6 is 0 Å². The van der Waals surface area contributed by atoms with Crippen molar-refractivity contribution in [3.63, 3.8) is 0 Å². The van der Waals surface area contributed by atoms with Gasteiger partial charge in [0.2, 0.25) is 0 Å². The molecule has 0 saturated carbocycles. The third-order valence-electron chi connectivity index (χ3n) is 3.53. The van der Waals surface area contributed by atoms with E-state index in [-0.39, 0.29) is 12.0 Å². The number of hydrogen-bond acceptors (Lipinski definition) is 7. The highest BCUT2D eigenvalue weighted by Crippen LogP contribution is 2.43. The summed E-state index contributed by atoms with van der Waals surface area (Å²) in [6.45, 7) is 0. The first-order chi connectivity index (χ1) is 8.66. The predicted molar refractivity (Wildman–Crippen MR) is 59.2 cm³/mol. The Morgan fingerprint density at radius 2 is 2.22 bits per heavy atom. The molecule has 8 heteroatoms. The molecule has 0 radical (unpaired) electrons. The second kappa shape index (κ2) is 3.16. The van der Waals surface area contributed by atoms with Crippen LogP contribution in [0.15, 0.2) is 6.33 Å². The van der Waals surface area contributed by atoms with Crippen molar-refractivity contribution in [2.24, 2.45) is 0 Å². The Bertz CT molecular complexity index is 642. The molecule has 4 rings (SSSR count). The molecule has 1 fully saturated rings. The number of aliphatic hydroxyl groups is 2. The summed E-state index contributed by atoms with van der Waals surface area (Å²) >= 11 is 0. The van der Waals surface area contributed by atoms with E-state index in [1.807, 2.05) is 0 Å². The van der Waals surface area contributed by atoms with Gasteiger partial charge in [0.1, 0.15) is 30.6 Å². The van der Waals surface area contributed by atoms with Gasteiger partial charge in [0.25, 0.3) is 0 Å². The maximum Gasteiger partial charge on any atom is 0.167 e. The number of nitrogens with two attached hydrogens (primary N) is 1. The van der Waals surface area contributed by atoms with Crippen LogP contribution in [0.1, 0.15) is 24.6 Å². The SMILES string of the molecule is Nc1ncnc2c1nc1n2[C@H]2C[C@H](O)[C@@H](O2)[C@@H]1O. The molecule has 4 heterocycles. The van der Waals surface area contributed by atoms with E-state index in [0.29, 0.717) is 23.4 Å². The summed E-state index contributed by atoms with van der Waals surface area (Å²) in [5.74, 6) is 0.695. The van der Waals surface area contributed by atoms with Crippen LogP contribution in [-0.4, -0.2) is 41.9 Å². The summed E-state index contributed by atoms with van der Waals surface area (Å²) in [7, 11) is 0. The molecule has 1 saturated heterocycles. The lowest BCUT2D eigenvalue weighted by Crippen LogP contribution is -2.33. The third kappa shape index (κ3) is 1.07. The molecule has 0 aromatic carbocycles. The van der Waals surface area contributed by atoms with Gasteiger partial charge in [-0.05, 0) is 0 Å². The normalized spacial score (nSPS) is 33.9. The molecule has 4 N–H and O–H groups in total. The molecule has 0 amide bonds. The fraction of sp³-hybridized carbons (Fsp3) is 0.500. The average molecular weight is 249 g/mol. The number of ether oxygens (including phenoxy) is 1. The number of imidazole rings is 1. The minimum atomic E-state index is -0.979. The van der Waals surface area contributed by atoms with Gasteiger partial charge in [-0.2, -0.15) is 0 Å². The zero-order valence-electron chi connectivity index (χ0n) is 9.26. The van der Waals surface area contributed by atoms with Gasteiger partial charge in [0, 0.05) is 6.42 Å². The standard InChI is InChI=1S/C10H11N5O3/c11-8-5-9(13-2-12-8)15-4-1-3(16)7(18-4)6(17)10(15)14-5/h2-4,6-7,16-17H,1H2,(H2,11,12,13)/t3-,4+,6-,7+/m0/s1. The molecule has 2 aliphatic rings.